The summed E-state index contributed by atoms with van der Waals surface area (Å²) in [5.41, 5.74) is 9.67. The first kappa shape index (κ1) is 34.4. The number of benzene rings is 6. The van der Waals surface area contributed by atoms with Crippen LogP contribution in [-0.2, 0) is 0 Å². The molecule has 0 saturated carbocycles. The molecule has 10 aromatic rings. The lowest BCUT2D eigenvalue weighted by atomic mass is 9.99. The molecule has 10 rings (SSSR count). The minimum atomic E-state index is 0.456. The van der Waals surface area contributed by atoms with Gasteiger partial charge in [-0.3, -0.25) is 0 Å². The van der Waals surface area contributed by atoms with E-state index in [4.69, 9.17) is 26.5 Å². The van der Waals surface area contributed by atoms with Crippen LogP contribution in [0, 0.1) is 45.6 Å². The third-order valence-corrected chi connectivity index (χ3v) is 10.6. The number of nitriles is 1. The van der Waals surface area contributed by atoms with Crippen molar-refractivity contribution in [3.63, 3.8) is 0 Å². The Bertz CT molecular complexity index is 3390. The number of aromatic nitrogens is 8. The molecule has 4 heterocycles. The lowest BCUT2D eigenvalue weighted by Gasteiger charge is -2.20. The maximum atomic E-state index is 9.89. The van der Waals surface area contributed by atoms with Crippen LogP contribution >= 0.6 is 0 Å². The Hall–Kier alpha value is -8.08. The van der Waals surface area contributed by atoms with Gasteiger partial charge in [0.25, 0.3) is 0 Å². The second kappa shape index (κ2) is 13.3. The van der Waals surface area contributed by atoms with Crippen molar-refractivity contribution >= 4 is 49.3 Å². The van der Waals surface area contributed by atoms with Gasteiger partial charge in [-0.1, -0.05) is 72.8 Å². The van der Waals surface area contributed by atoms with Crippen molar-refractivity contribution in [3.05, 3.63) is 162 Å². The van der Waals surface area contributed by atoms with E-state index in [9.17, 15) is 5.26 Å². The van der Waals surface area contributed by atoms with Crippen LogP contribution < -0.4 is 0 Å². The highest BCUT2D eigenvalue weighted by molar-refractivity contribution is 6.13. The smallest absolute Gasteiger partial charge is 0.197 e. The summed E-state index contributed by atoms with van der Waals surface area (Å²) in [4.78, 5) is 31.8. The summed E-state index contributed by atoms with van der Waals surface area (Å²) in [5, 5.41) is 14.1. The maximum Gasteiger partial charge on any atom is 0.197 e. The van der Waals surface area contributed by atoms with E-state index in [0.29, 0.717) is 51.8 Å². The van der Waals surface area contributed by atoms with Crippen molar-refractivity contribution < 1.29 is 0 Å². The zero-order valence-corrected chi connectivity index (χ0v) is 32.0. The van der Waals surface area contributed by atoms with Crippen LogP contribution in [0.5, 0.6) is 0 Å². The molecule has 0 amide bonds. The fourth-order valence-electron chi connectivity index (χ4n) is 8.23. The van der Waals surface area contributed by atoms with E-state index in [1.807, 2.05) is 64.1 Å². The van der Waals surface area contributed by atoms with Gasteiger partial charge < -0.3 is 9.13 Å². The molecule has 0 saturated heterocycles. The second-order valence-corrected chi connectivity index (χ2v) is 14.3. The summed E-state index contributed by atoms with van der Waals surface area (Å²) >= 11 is 0. The second-order valence-electron chi connectivity index (χ2n) is 14.3. The van der Waals surface area contributed by atoms with Gasteiger partial charge >= 0.3 is 0 Å². The van der Waals surface area contributed by atoms with Crippen LogP contribution in [-0.4, -0.2) is 39.0 Å². The lowest BCUT2D eigenvalue weighted by Crippen LogP contribution is -2.05. The molecule has 0 aliphatic heterocycles. The van der Waals surface area contributed by atoms with Crippen LogP contribution in [0.1, 0.15) is 28.9 Å². The molecule has 10 nitrogen and oxygen atoms in total. The zero-order chi connectivity index (χ0) is 39.7. The molecular formula is C48H32N10. The lowest BCUT2D eigenvalue weighted by molar-refractivity contribution is 0.928. The average molecular weight is 749 g/mol. The van der Waals surface area contributed by atoms with Crippen molar-refractivity contribution in [2.24, 2.45) is 0 Å². The molecule has 0 aliphatic carbocycles. The molecule has 10 heteroatoms. The Morgan fingerprint density at radius 1 is 0.483 bits per heavy atom. The van der Waals surface area contributed by atoms with Crippen molar-refractivity contribution in [3.8, 4) is 51.3 Å². The summed E-state index contributed by atoms with van der Waals surface area (Å²) in [6, 6.07) is 43.2. The summed E-state index contributed by atoms with van der Waals surface area (Å²) in [6.45, 7) is 16.0. The van der Waals surface area contributed by atoms with Crippen molar-refractivity contribution in [1.82, 2.24) is 39.0 Å². The largest absolute Gasteiger partial charge is 0.308 e. The Labute approximate surface area is 333 Å². The zero-order valence-electron chi connectivity index (χ0n) is 32.0. The Morgan fingerprint density at radius 2 is 0.966 bits per heavy atom. The number of hydrogen-bond acceptors (Lipinski definition) is 7. The first-order valence-corrected chi connectivity index (χ1v) is 18.8. The predicted octanol–water partition coefficient (Wildman–Crippen LogP) is 10.9. The fourth-order valence-corrected chi connectivity index (χ4v) is 8.23. The van der Waals surface area contributed by atoms with Gasteiger partial charge in [0, 0.05) is 32.7 Å². The summed E-state index contributed by atoms with van der Waals surface area (Å²) in [7, 11) is 0. The SMILES string of the molecule is [C-]#[N+]c1cc(-n2c3ccccc3c3ccc(-c4nc(C)nc(C)n4)cc32)c(-n2c3ccccc3c3ccc(-c4nc(C)nc(C)n4)cc32)cc1-c1cccc(C#N)c1. The highest BCUT2D eigenvalue weighted by Gasteiger charge is 2.23. The number of nitrogens with zero attached hydrogens (tertiary/aromatic N) is 10. The monoisotopic (exact) mass is 748 g/mol. The van der Waals surface area contributed by atoms with Gasteiger partial charge in [-0.05, 0) is 87.4 Å². The summed E-state index contributed by atoms with van der Waals surface area (Å²) < 4.78 is 4.52. The molecule has 0 aliphatic rings. The molecule has 0 bridgehead atoms. The topological polar surface area (TPSA) is 115 Å². The van der Waals surface area contributed by atoms with Crippen LogP contribution in [0.25, 0.3) is 93.7 Å². The van der Waals surface area contributed by atoms with Crippen molar-refractivity contribution in [1.29, 1.82) is 5.26 Å². The standard InChI is InChI=1S/C48H32N10/c1-27-51-28(2)54-47(53-27)33-17-19-37-35-13-6-8-15-41(35)57(43(37)22-33)45-24-39(32-12-10-11-31(21-32)26-49)40(50-5)25-46(45)58-42-16-9-7-14-36(42)38-20-18-34(23-44(38)58)48-55-29(3)52-30(4)56-48/h6-25H,1-4H3. The molecule has 4 aromatic heterocycles. The molecule has 6 aromatic carbocycles. The molecule has 274 valence electrons. The maximum absolute atomic E-state index is 9.89. The number of rotatable bonds is 5. The van der Waals surface area contributed by atoms with Gasteiger partial charge in [0.15, 0.2) is 17.3 Å². The van der Waals surface area contributed by atoms with Gasteiger partial charge in [0.05, 0.1) is 51.6 Å². The van der Waals surface area contributed by atoms with Gasteiger partial charge in [-0.15, -0.1) is 0 Å². The summed E-state index contributed by atoms with van der Waals surface area (Å²) in [6.07, 6.45) is 0. The van der Waals surface area contributed by atoms with E-state index in [1.54, 1.807) is 6.07 Å². The van der Waals surface area contributed by atoms with Gasteiger partial charge in [0.2, 0.25) is 0 Å². The van der Waals surface area contributed by atoms with Gasteiger partial charge in [-0.2, -0.15) is 5.26 Å². The third kappa shape index (κ3) is 5.55. The molecule has 0 N–H and O–H groups in total. The molecule has 58 heavy (non-hydrogen) atoms. The van der Waals surface area contributed by atoms with E-state index in [2.05, 4.69) is 109 Å². The molecule has 0 radical (unpaired) electrons. The Kier molecular flexibility index (Phi) is 7.89. The molecular weight excluding hydrogens is 717 g/mol. The van der Waals surface area contributed by atoms with Crippen LogP contribution in [0.3, 0.4) is 0 Å². The first-order valence-electron chi connectivity index (χ1n) is 18.8. The Balaban J connectivity index is 1.36. The number of fused-ring (bicyclic) bond motifs is 6. The molecule has 0 unspecified atom stereocenters. The fraction of sp³-hybridized carbons (Fsp3) is 0.0833. The third-order valence-electron chi connectivity index (χ3n) is 10.6. The minimum absolute atomic E-state index is 0.456. The number of hydrogen-bond donors (Lipinski definition) is 0. The minimum Gasteiger partial charge on any atom is -0.308 e. The van der Waals surface area contributed by atoms with Gasteiger partial charge in [-0.25, -0.2) is 34.7 Å². The van der Waals surface area contributed by atoms with Crippen molar-refractivity contribution in [2.75, 3.05) is 0 Å². The highest BCUT2D eigenvalue weighted by atomic mass is 15.1. The van der Waals surface area contributed by atoms with Crippen LogP contribution in [0.15, 0.2) is 121 Å². The quantitative estimate of drug-likeness (QED) is 0.161. The number of aryl methyl sites for hydroxylation is 4. The molecule has 0 fully saturated rings. The molecule has 0 atom stereocenters. The number of para-hydroxylation sites is 2. The molecule has 0 spiro atoms. The van der Waals surface area contributed by atoms with E-state index in [-0.39, 0.29) is 0 Å². The normalized spacial score (nSPS) is 11.4. The Morgan fingerprint density at radius 3 is 1.47 bits per heavy atom. The van der Waals surface area contributed by atoms with Crippen LogP contribution in [0.4, 0.5) is 5.69 Å². The van der Waals surface area contributed by atoms with E-state index in [1.165, 1.54) is 0 Å². The van der Waals surface area contributed by atoms with Gasteiger partial charge in [0.1, 0.15) is 23.3 Å². The predicted molar refractivity (Wildman–Crippen MR) is 228 cm³/mol. The van der Waals surface area contributed by atoms with Crippen LogP contribution in [0.2, 0.25) is 0 Å². The van der Waals surface area contributed by atoms with E-state index in [0.717, 1.165) is 71.7 Å². The first-order chi connectivity index (χ1) is 28.3. The summed E-state index contributed by atoms with van der Waals surface area (Å²) in [5.74, 6) is 3.79. The average Bonchev–Trinajstić information content (AvgIpc) is 3.74. The van der Waals surface area contributed by atoms with Crippen molar-refractivity contribution in [2.45, 2.75) is 27.7 Å². The van der Waals surface area contributed by atoms with E-state index < -0.39 is 0 Å². The van der Waals surface area contributed by atoms with E-state index >= 15 is 0 Å². The highest BCUT2D eigenvalue weighted by Crippen LogP contribution is 2.44.